The number of alkyl halides is 3. The first kappa shape index (κ1) is 24.6. The first-order valence-electron chi connectivity index (χ1n) is 10.1. The number of furan rings is 1. The fourth-order valence-corrected chi connectivity index (χ4v) is 3.80. The highest BCUT2D eigenvalue weighted by atomic mass is 32.2. The van der Waals surface area contributed by atoms with Crippen LogP contribution >= 0.6 is 11.8 Å². The van der Waals surface area contributed by atoms with Crippen molar-refractivity contribution in [2.24, 2.45) is 5.10 Å². The molecule has 1 N–H and O–H groups in total. The maximum atomic E-state index is 13.5. The maximum absolute atomic E-state index is 13.5. The summed E-state index contributed by atoms with van der Waals surface area (Å²) in [6.07, 6.45) is -2.25. The lowest BCUT2D eigenvalue weighted by Gasteiger charge is -2.11. The fraction of sp³-hybridized carbons (Fsp3) is 0.0435. The van der Waals surface area contributed by atoms with Gasteiger partial charge in [-0.25, -0.2) is 15.4 Å². The summed E-state index contributed by atoms with van der Waals surface area (Å²) in [6, 6.07) is 15.9. The number of hydrazone groups is 1. The summed E-state index contributed by atoms with van der Waals surface area (Å²) in [5, 5.41) is 15.1. The van der Waals surface area contributed by atoms with Crippen LogP contribution in [0.5, 0.6) is 0 Å². The second-order valence-electron chi connectivity index (χ2n) is 7.05. The summed E-state index contributed by atoms with van der Waals surface area (Å²) in [4.78, 5) is 30.6. The van der Waals surface area contributed by atoms with Gasteiger partial charge in [0.2, 0.25) is 0 Å². The topological polar surface area (TPSA) is 124 Å². The van der Waals surface area contributed by atoms with E-state index in [1.54, 1.807) is 30.3 Å². The molecule has 0 atom stereocenters. The summed E-state index contributed by atoms with van der Waals surface area (Å²) in [7, 11) is 0. The third-order valence-corrected chi connectivity index (χ3v) is 5.50. The summed E-state index contributed by atoms with van der Waals surface area (Å²) >= 11 is 0.627. The molecule has 0 spiro atoms. The fourth-order valence-electron chi connectivity index (χ4n) is 2.94. The van der Waals surface area contributed by atoms with Gasteiger partial charge in [0.15, 0.2) is 10.9 Å². The predicted molar refractivity (Wildman–Crippen MR) is 123 cm³/mol. The Kier molecular flexibility index (Phi) is 7.10. The number of nitro benzene ring substituents is 1. The number of amides is 1. The summed E-state index contributed by atoms with van der Waals surface area (Å²) < 4.78 is 45.3. The average molecular weight is 513 g/mol. The van der Waals surface area contributed by atoms with E-state index < -0.39 is 28.4 Å². The molecular weight excluding hydrogens is 499 g/mol. The number of halogens is 3. The molecular formula is C23H14F3N5O4S. The zero-order valence-corrected chi connectivity index (χ0v) is 18.8. The second kappa shape index (κ2) is 10.4. The Morgan fingerprint density at radius 2 is 1.86 bits per heavy atom. The molecule has 0 saturated heterocycles. The third-order valence-electron chi connectivity index (χ3n) is 4.57. The quantitative estimate of drug-likeness (QED) is 0.148. The third kappa shape index (κ3) is 5.93. The smallest absolute Gasteiger partial charge is 0.433 e. The van der Waals surface area contributed by atoms with E-state index in [0.717, 1.165) is 12.1 Å². The number of rotatable bonds is 7. The van der Waals surface area contributed by atoms with Gasteiger partial charge in [-0.2, -0.15) is 18.3 Å². The highest BCUT2D eigenvalue weighted by Gasteiger charge is 2.34. The lowest BCUT2D eigenvalue weighted by atomic mass is 10.1. The molecule has 0 aliphatic heterocycles. The molecule has 0 unspecified atom stereocenters. The van der Waals surface area contributed by atoms with Crippen molar-refractivity contribution in [1.82, 2.24) is 15.4 Å². The van der Waals surface area contributed by atoms with Crippen LogP contribution in [0.15, 0.2) is 92.6 Å². The number of benzene rings is 2. The van der Waals surface area contributed by atoms with Crippen LogP contribution in [0.1, 0.15) is 21.8 Å². The Morgan fingerprint density at radius 3 is 2.53 bits per heavy atom. The first-order chi connectivity index (χ1) is 17.2. The molecule has 0 aliphatic rings. The Hall–Kier alpha value is -4.52. The highest BCUT2D eigenvalue weighted by molar-refractivity contribution is 7.99. The van der Waals surface area contributed by atoms with Gasteiger partial charge in [0.05, 0.1) is 28.0 Å². The summed E-state index contributed by atoms with van der Waals surface area (Å²) in [5.41, 5.74) is 1.37. The molecule has 0 bridgehead atoms. The van der Waals surface area contributed by atoms with E-state index >= 15 is 0 Å². The molecule has 1 amide bonds. The normalized spacial score (nSPS) is 11.5. The van der Waals surface area contributed by atoms with E-state index in [1.807, 2.05) is 0 Å². The van der Waals surface area contributed by atoms with Crippen molar-refractivity contribution in [3.63, 3.8) is 0 Å². The van der Waals surface area contributed by atoms with Crippen molar-refractivity contribution < 1.29 is 27.3 Å². The molecule has 0 fully saturated rings. The van der Waals surface area contributed by atoms with Crippen molar-refractivity contribution >= 4 is 29.6 Å². The first-order valence-corrected chi connectivity index (χ1v) is 10.9. The van der Waals surface area contributed by atoms with E-state index in [1.165, 1.54) is 36.7 Å². The van der Waals surface area contributed by atoms with Crippen LogP contribution in [0.25, 0.3) is 11.3 Å². The highest BCUT2D eigenvalue weighted by Crippen LogP contribution is 2.37. The lowest BCUT2D eigenvalue weighted by molar-refractivity contribution is -0.387. The maximum Gasteiger partial charge on any atom is 0.433 e. The van der Waals surface area contributed by atoms with Gasteiger partial charge in [0.1, 0.15) is 5.69 Å². The van der Waals surface area contributed by atoms with Gasteiger partial charge >= 0.3 is 12.1 Å². The molecule has 13 heteroatoms. The molecule has 36 heavy (non-hydrogen) atoms. The van der Waals surface area contributed by atoms with Crippen LogP contribution in [0.2, 0.25) is 0 Å². The van der Waals surface area contributed by atoms with Crippen LogP contribution < -0.4 is 5.43 Å². The summed E-state index contributed by atoms with van der Waals surface area (Å²) in [6.45, 7) is 0. The number of carbonyl (C=O) groups is 1. The Bertz CT molecular complexity index is 1430. The minimum Gasteiger partial charge on any atom is -0.459 e. The van der Waals surface area contributed by atoms with Gasteiger partial charge in [0, 0.05) is 17.2 Å². The average Bonchev–Trinajstić information content (AvgIpc) is 3.40. The van der Waals surface area contributed by atoms with Crippen molar-refractivity contribution in [3.8, 4) is 11.3 Å². The van der Waals surface area contributed by atoms with Gasteiger partial charge in [-0.05, 0) is 36.0 Å². The zero-order valence-electron chi connectivity index (χ0n) is 18.0. The Balaban J connectivity index is 1.62. The molecule has 0 aliphatic carbocycles. The molecule has 2 aromatic heterocycles. The molecule has 4 rings (SSSR count). The van der Waals surface area contributed by atoms with E-state index in [0.29, 0.717) is 17.3 Å². The molecule has 2 heterocycles. The largest absolute Gasteiger partial charge is 0.459 e. The van der Waals surface area contributed by atoms with Crippen LogP contribution in [-0.2, 0) is 6.18 Å². The Morgan fingerprint density at radius 1 is 1.08 bits per heavy atom. The number of carbonyl (C=O) groups excluding carboxylic acids is 1. The second-order valence-corrected chi connectivity index (χ2v) is 8.06. The molecule has 0 saturated carbocycles. The van der Waals surface area contributed by atoms with E-state index in [2.05, 4.69) is 20.5 Å². The van der Waals surface area contributed by atoms with Crippen LogP contribution in [-0.4, -0.2) is 27.0 Å². The Labute approximate surface area is 205 Å². The molecule has 2 aromatic carbocycles. The van der Waals surface area contributed by atoms with Crippen LogP contribution in [0.3, 0.4) is 0 Å². The van der Waals surface area contributed by atoms with Gasteiger partial charge < -0.3 is 4.42 Å². The summed E-state index contributed by atoms with van der Waals surface area (Å²) in [5.74, 6) is -0.588. The monoisotopic (exact) mass is 513 g/mol. The minimum absolute atomic E-state index is 0.0232. The van der Waals surface area contributed by atoms with E-state index in [4.69, 9.17) is 4.42 Å². The lowest BCUT2D eigenvalue weighted by Crippen LogP contribution is -2.16. The minimum atomic E-state index is -4.74. The van der Waals surface area contributed by atoms with Gasteiger partial charge in [-0.3, -0.25) is 14.9 Å². The number of nitrogens with one attached hydrogen (secondary N) is 1. The van der Waals surface area contributed by atoms with Crippen molar-refractivity contribution in [2.45, 2.75) is 16.2 Å². The number of nitrogens with zero attached hydrogens (tertiary/aromatic N) is 4. The van der Waals surface area contributed by atoms with Gasteiger partial charge in [-0.15, -0.1) is 0 Å². The predicted octanol–water partition coefficient (Wildman–Crippen LogP) is 5.58. The van der Waals surface area contributed by atoms with E-state index in [-0.39, 0.29) is 27.1 Å². The number of hydrogen-bond donors (Lipinski definition) is 1. The SMILES string of the molecule is O=C(N/N=C/c1ccc(Sc2nc(-c3ccccc3)cc(C(F)(F)F)n2)c([N+](=O)[O-])c1)c1ccco1. The van der Waals surface area contributed by atoms with Crippen molar-refractivity contribution in [2.75, 3.05) is 0 Å². The standard InChI is InChI=1S/C23H14F3N5O4S/c24-23(25,26)20-12-16(15-5-2-1-3-6-15)28-22(29-20)36-19-9-8-14(11-17(19)31(33)34)13-27-30-21(32)18-7-4-10-35-18/h1-13H,(H,30,32)/b27-13+. The van der Waals surface area contributed by atoms with E-state index in [9.17, 15) is 28.1 Å². The van der Waals surface area contributed by atoms with Crippen molar-refractivity contribution in [1.29, 1.82) is 0 Å². The molecule has 0 radical (unpaired) electrons. The van der Waals surface area contributed by atoms with Crippen molar-refractivity contribution in [3.05, 3.63) is 100 Å². The van der Waals surface area contributed by atoms with Crippen LogP contribution in [0, 0.1) is 10.1 Å². The number of aromatic nitrogens is 2. The van der Waals surface area contributed by atoms with Gasteiger partial charge in [0.25, 0.3) is 5.69 Å². The zero-order chi connectivity index (χ0) is 25.7. The van der Waals surface area contributed by atoms with Gasteiger partial charge in [-0.1, -0.05) is 36.4 Å². The molecule has 9 nitrogen and oxygen atoms in total. The number of nitro groups is 1. The molecule has 182 valence electrons. The number of hydrogen-bond acceptors (Lipinski definition) is 8. The van der Waals surface area contributed by atoms with Crippen LogP contribution in [0.4, 0.5) is 18.9 Å². The molecule has 4 aromatic rings.